The van der Waals surface area contributed by atoms with E-state index in [0.717, 1.165) is 6.07 Å². The van der Waals surface area contributed by atoms with Gasteiger partial charge in [-0.1, -0.05) is 18.2 Å². The number of carbonyl (C=O) groups is 2. The van der Waals surface area contributed by atoms with Crippen LogP contribution in [0.15, 0.2) is 53.4 Å². The van der Waals surface area contributed by atoms with Gasteiger partial charge in [0.1, 0.15) is 4.90 Å². The van der Waals surface area contributed by atoms with Gasteiger partial charge in [0.2, 0.25) is 0 Å². The van der Waals surface area contributed by atoms with Crippen molar-refractivity contribution in [3.05, 3.63) is 54.1 Å². The van der Waals surface area contributed by atoms with Crippen molar-refractivity contribution in [3.8, 4) is 11.5 Å². The maximum absolute atomic E-state index is 12.7. The molecule has 1 atom stereocenters. The monoisotopic (exact) mass is 421 g/mol. The van der Waals surface area contributed by atoms with Crippen LogP contribution in [0.1, 0.15) is 31.1 Å². The molecular formula is C20H23NO7S. The van der Waals surface area contributed by atoms with Gasteiger partial charge < -0.3 is 19.0 Å². The van der Waals surface area contributed by atoms with Gasteiger partial charge in [-0.3, -0.25) is 4.79 Å². The fraction of sp³-hybridized carbons (Fsp3) is 0.300. The third-order valence-corrected chi connectivity index (χ3v) is 4.94. The van der Waals surface area contributed by atoms with E-state index in [1.807, 2.05) is 0 Å². The molecular weight excluding hydrogens is 398 g/mol. The minimum Gasteiger partial charge on any atom is -0.490 e. The molecule has 8 nitrogen and oxygen atoms in total. The smallest absolute Gasteiger partial charge is 0.339 e. The molecule has 0 aliphatic heterocycles. The zero-order valence-electron chi connectivity index (χ0n) is 16.4. The van der Waals surface area contributed by atoms with Gasteiger partial charge in [0.05, 0.1) is 12.2 Å². The number of hydrogen-bond acceptors (Lipinski definition) is 7. The molecule has 0 spiro atoms. The van der Waals surface area contributed by atoms with Crippen LogP contribution in [0, 0.1) is 0 Å². The van der Waals surface area contributed by atoms with Crippen LogP contribution in [0.25, 0.3) is 0 Å². The van der Waals surface area contributed by atoms with Crippen LogP contribution in [0.4, 0.5) is 0 Å². The van der Waals surface area contributed by atoms with Gasteiger partial charge in [0.25, 0.3) is 5.91 Å². The summed E-state index contributed by atoms with van der Waals surface area (Å²) in [4.78, 5) is 23.8. The molecule has 9 heteroatoms. The summed E-state index contributed by atoms with van der Waals surface area (Å²) in [5.74, 6) is -0.951. The molecule has 2 aromatic carbocycles. The number of nitrogens with one attached hydrogen (secondary N) is 1. The number of esters is 1. The molecule has 0 saturated carbocycles. The molecule has 0 aromatic heterocycles. The normalized spacial score (nSPS) is 12.0. The Kier molecular flexibility index (Phi) is 7.60. The van der Waals surface area contributed by atoms with Crippen molar-refractivity contribution in [2.75, 3.05) is 13.2 Å². The summed E-state index contributed by atoms with van der Waals surface area (Å²) in [6.45, 7) is 5.67. The second kappa shape index (κ2) is 9.92. The molecule has 2 aromatic rings. The Balaban J connectivity index is 2.21. The third kappa shape index (κ3) is 5.95. The number of hydrogen-bond donors (Lipinski definition) is 1. The van der Waals surface area contributed by atoms with Crippen LogP contribution >= 0.6 is 0 Å². The second-order valence-electron chi connectivity index (χ2n) is 5.89. The Bertz CT molecular complexity index is 972. The van der Waals surface area contributed by atoms with Gasteiger partial charge in [-0.15, -0.1) is 0 Å². The standard InChI is InChI=1S/C20H23NO7S/c1-4-21-19(22)14(3)27-20(23)15-9-8-10-16(13-15)29(24,25)28-18-12-7-6-11-17(18)26-5-2/h6-14H,4-5H2,1-3H3,(H,21,22)/t14-/m1/s1. The predicted molar refractivity (Wildman–Crippen MR) is 105 cm³/mol. The zero-order chi connectivity index (χ0) is 21.4. The van der Waals surface area contributed by atoms with E-state index in [4.69, 9.17) is 13.7 Å². The molecule has 2 rings (SSSR count). The first-order chi connectivity index (χ1) is 13.8. The van der Waals surface area contributed by atoms with E-state index in [-0.39, 0.29) is 22.0 Å². The number of benzene rings is 2. The van der Waals surface area contributed by atoms with E-state index in [2.05, 4.69) is 5.32 Å². The van der Waals surface area contributed by atoms with Crippen molar-refractivity contribution in [3.63, 3.8) is 0 Å². The number of carbonyl (C=O) groups excluding carboxylic acids is 2. The lowest BCUT2D eigenvalue weighted by molar-refractivity contribution is -0.128. The highest BCUT2D eigenvalue weighted by atomic mass is 32.2. The molecule has 0 bridgehead atoms. The van der Waals surface area contributed by atoms with Gasteiger partial charge in [-0.05, 0) is 51.1 Å². The molecule has 29 heavy (non-hydrogen) atoms. The van der Waals surface area contributed by atoms with Crippen molar-refractivity contribution in [2.24, 2.45) is 0 Å². The molecule has 1 N–H and O–H groups in total. The second-order valence-corrected chi connectivity index (χ2v) is 7.43. The maximum atomic E-state index is 12.7. The summed E-state index contributed by atoms with van der Waals surface area (Å²) in [5, 5.41) is 2.54. The van der Waals surface area contributed by atoms with Crippen molar-refractivity contribution >= 4 is 22.0 Å². The fourth-order valence-corrected chi connectivity index (χ4v) is 3.33. The van der Waals surface area contributed by atoms with E-state index in [9.17, 15) is 18.0 Å². The van der Waals surface area contributed by atoms with Crippen molar-refractivity contribution in [1.29, 1.82) is 0 Å². The van der Waals surface area contributed by atoms with Crippen LogP contribution in [-0.4, -0.2) is 39.5 Å². The Hall–Kier alpha value is -3.07. The lowest BCUT2D eigenvalue weighted by atomic mass is 10.2. The minimum atomic E-state index is -4.23. The summed E-state index contributed by atoms with van der Waals surface area (Å²) in [7, 11) is -4.23. The first-order valence-electron chi connectivity index (χ1n) is 9.03. The Morgan fingerprint density at radius 2 is 1.72 bits per heavy atom. The van der Waals surface area contributed by atoms with Crippen LogP contribution in [-0.2, 0) is 19.6 Å². The zero-order valence-corrected chi connectivity index (χ0v) is 17.2. The van der Waals surface area contributed by atoms with Gasteiger partial charge in [0, 0.05) is 6.54 Å². The molecule has 0 heterocycles. The van der Waals surface area contributed by atoms with Crippen LogP contribution < -0.4 is 14.2 Å². The lowest BCUT2D eigenvalue weighted by Crippen LogP contribution is -2.35. The quantitative estimate of drug-likeness (QED) is 0.490. The average molecular weight is 421 g/mol. The average Bonchev–Trinajstić information content (AvgIpc) is 2.69. The minimum absolute atomic E-state index is 0.0242. The first kappa shape index (κ1) is 22.2. The molecule has 1 amide bonds. The van der Waals surface area contributed by atoms with Gasteiger partial charge in [0.15, 0.2) is 17.6 Å². The van der Waals surface area contributed by atoms with Gasteiger partial charge in [-0.2, -0.15) is 8.42 Å². The molecule has 0 radical (unpaired) electrons. The lowest BCUT2D eigenvalue weighted by Gasteiger charge is -2.14. The van der Waals surface area contributed by atoms with Crippen molar-refractivity contribution < 1.29 is 31.7 Å². The SMILES string of the molecule is CCNC(=O)[C@@H](C)OC(=O)c1cccc(S(=O)(=O)Oc2ccccc2OCC)c1. The Labute approximate surface area is 169 Å². The number of ether oxygens (including phenoxy) is 2. The summed E-state index contributed by atoms with van der Waals surface area (Å²) in [6.07, 6.45) is -1.02. The Morgan fingerprint density at radius 3 is 2.38 bits per heavy atom. The molecule has 156 valence electrons. The number of likely N-dealkylation sites (N-methyl/N-ethyl adjacent to an activating group) is 1. The predicted octanol–water partition coefficient (Wildman–Crippen LogP) is 2.53. The maximum Gasteiger partial charge on any atom is 0.339 e. The Morgan fingerprint density at radius 1 is 1.03 bits per heavy atom. The van der Waals surface area contributed by atoms with Gasteiger partial charge in [-0.25, -0.2) is 4.79 Å². The highest BCUT2D eigenvalue weighted by molar-refractivity contribution is 7.87. The van der Waals surface area contributed by atoms with Crippen molar-refractivity contribution in [1.82, 2.24) is 5.32 Å². The molecule has 0 saturated heterocycles. The topological polar surface area (TPSA) is 108 Å². The van der Waals surface area contributed by atoms with Crippen LogP contribution in [0.5, 0.6) is 11.5 Å². The summed E-state index contributed by atoms with van der Waals surface area (Å²) in [5.41, 5.74) is -0.0242. The highest BCUT2D eigenvalue weighted by Gasteiger charge is 2.23. The van der Waals surface area contributed by atoms with Gasteiger partial charge >= 0.3 is 16.1 Å². The summed E-state index contributed by atoms with van der Waals surface area (Å²) < 4.78 is 40.9. The number of rotatable bonds is 9. The van der Waals surface area contributed by atoms with Crippen molar-refractivity contribution in [2.45, 2.75) is 31.8 Å². The van der Waals surface area contributed by atoms with E-state index < -0.39 is 28.1 Å². The molecule has 0 aliphatic carbocycles. The summed E-state index contributed by atoms with van der Waals surface area (Å²) >= 11 is 0. The molecule has 0 unspecified atom stereocenters. The number of para-hydroxylation sites is 2. The molecule has 0 fully saturated rings. The van der Waals surface area contributed by atoms with E-state index in [1.54, 1.807) is 32.0 Å². The van der Waals surface area contributed by atoms with Crippen LogP contribution in [0.3, 0.4) is 0 Å². The first-order valence-corrected chi connectivity index (χ1v) is 10.4. The van der Waals surface area contributed by atoms with E-state index in [1.165, 1.54) is 31.2 Å². The highest BCUT2D eigenvalue weighted by Crippen LogP contribution is 2.29. The fourth-order valence-electron chi connectivity index (χ4n) is 2.34. The summed E-state index contributed by atoms with van der Waals surface area (Å²) in [6, 6.07) is 11.6. The largest absolute Gasteiger partial charge is 0.490 e. The van der Waals surface area contributed by atoms with Crippen LogP contribution in [0.2, 0.25) is 0 Å². The third-order valence-electron chi connectivity index (χ3n) is 3.71. The number of amides is 1. The van der Waals surface area contributed by atoms with E-state index >= 15 is 0 Å². The molecule has 0 aliphatic rings. The van der Waals surface area contributed by atoms with E-state index in [0.29, 0.717) is 13.2 Å².